The Morgan fingerprint density at radius 2 is 1.97 bits per heavy atom. The molecule has 0 aliphatic carbocycles. The van der Waals surface area contributed by atoms with Crippen LogP contribution in [-0.4, -0.2) is 27.7 Å². The smallest absolute Gasteiger partial charge is 0.336 e. The Morgan fingerprint density at radius 1 is 1.17 bits per heavy atom. The highest BCUT2D eigenvalue weighted by Gasteiger charge is 2.21. The fraction of sp³-hybridized carbons (Fsp3) is 0.143. The Hall–Kier alpha value is -3.94. The predicted molar refractivity (Wildman–Crippen MR) is 106 cm³/mol. The minimum absolute atomic E-state index is 0.213. The fourth-order valence-electron chi connectivity index (χ4n) is 2.91. The first-order valence-corrected chi connectivity index (χ1v) is 8.98. The van der Waals surface area contributed by atoms with Crippen molar-refractivity contribution >= 4 is 16.9 Å². The van der Waals surface area contributed by atoms with Crippen LogP contribution in [0.4, 0.5) is 0 Å². The van der Waals surface area contributed by atoms with Crippen LogP contribution in [0.1, 0.15) is 23.3 Å². The van der Waals surface area contributed by atoms with E-state index in [1.54, 1.807) is 31.2 Å². The van der Waals surface area contributed by atoms with Crippen molar-refractivity contribution in [2.75, 3.05) is 6.61 Å². The molecule has 0 spiro atoms. The van der Waals surface area contributed by atoms with Gasteiger partial charge in [-0.1, -0.05) is 30.3 Å². The quantitative estimate of drug-likeness (QED) is 0.490. The number of fused-ring (bicyclic) bond motifs is 1. The molecule has 1 amide bonds. The zero-order valence-corrected chi connectivity index (χ0v) is 15.6. The van der Waals surface area contributed by atoms with E-state index in [0.29, 0.717) is 23.0 Å². The van der Waals surface area contributed by atoms with Gasteiger partial charge in [0.1, 0.15) is 23.2 Å². The first-order chi connectivity index (χ1) is 14.1. The number of hydrogen-bond acceptors (Lipinski definition) is 6. The van der Waals surface area contributed by atoms with E-state index < -0.39 is 11.7 Å². The second-order valence-corrected chi connectivity index (χ2v) is 6.43. The van der Waals surface area contributed by atoms with Crippen LogP contribution in [0, 0.1) is 6.92 Å². The van der Waals surface area contributed by atoms with E-state index in [9.17, 15) is 9.59 Å². The van der Waals surface area contributed by atoms with Crippen LogP contribution < -0.4 is 15.7 Å². The van der Waals surface area contributed by atoms with Gasteiger partial charge in [0.15, 0.2) is 12.4 Å². The molecule has 2 N–H and O–H groups in total. The van der Waals surface area contributed by atoms with E-state index in [4.69, 9.17) is 9.15 Å². The highest BCUT2D eigenvalue weighted by molar-refractivity contribution is 5.79. The average Bonchev–Trinajstić information content (AvgIpc) is 3.16. The van der Waals surface area contributed by atoms with Gasteiger partial charge in [0.25, 0.3) is 5.91 Å². The molecule has 4 aromatic rings. The second-order valence-electron chi connectivity index (χ2n) is 6.43. The molecule has 8 nitrogen and oxygen atoms in total. The highest BCUT2D eigenvalue weighted by atomic mass is 16.5. The van der Waals surface area contributed by atoms with Crippen molar-refractivity contribution in [2.24, 2.45) is 0 Å². The van der Waals surface area contributed by atoms with Crippen LogP contribution in [0.25, 0.3) is 11.0 Å². The van der Waals surface area contributed by atoms with E-state index in [-0.39, 0.29) is 12.5 Å². The molecule has 4 rings (SSSR count). The lowest BCUT2D eigenvalue weighted by molar-refractivity contribution is -0.123. The number of carbonyl (C=O) groups excluding carboxylic acids is 1. The molecule has 0 fully saturated rings. The lowest BCUT2D eigenvalue weighted by Gasteiger charge is -2.16. The Kier molecular flexibility index (Phi) is 5.07. The van der Waals surface area contributed by atoms with E-state index in [2.05, 4.69) is 20.5 Å². The van der Waals surface area contributed by atoms with Gasteiger partial charge < -0.3 is 14.5 Å². The summed E-state index contributed by atoms with van der Waals surface area (Å²) in [6, 6.07) is 17.0. The average molecular weight is 390 g/mol. The van der Waals surface area contributed by atoms with Crippen molar-refractivity contribution in [1.29, 1.82) is 0 Å². The topological polar surface area (TPSA) is 110 Å². The van der Waals surface area contributed by atoms with Crippen molar-refractivity contribution in [3.05, 3.63) is 88.3 Å². The first-order valence-electron chi connectivity index (χ1n) is 8.98. The molecular weight excluding hydrogens is 372 g/mol. The third-order valence-electron chi connectivity index (χ3n) is 4.28. The van der Waals surface area contributed by atoms with Crippen molar-refractivity contribution < 1.29 is 13.9 Å². The fourth-order valence-corrected chi connectivity index (χ4v) is 2.91. The van der Waals surface area contributed by atoms with Crippen LogP contribution in [0.5, 0.6) is 5.75 Å². The molecule has 146 valence electrons. The van der Waals surface area contributed by atoms with E-state index >= 15 is 0 Å². The number of ether oxygens (including phenoxy) is 1. The van der Waals surface area contributed by atoms with Crippen LogP contribution in [0.2, 0.25) is 0 Å². The molecule has 8 heteroatoms. The summed E-state index contributed by atoms with van der Waals surface area (Å²) >= 11 is 0. The number of nitrogens with zero attached hydrogens (tertiary/aromatic N) is 2. The molecule has 0 saturated carbocycles. The summed E-state index contributed by atoms with van der Waals surface area (Å²) in [4.78, 5) is 28.2. The molecule has 2 aromatic carbocycles. The van der Waals surface area contributed by atoms with Crippen LogP contribution in [0.3, 0.4) is 0 Å². The van der Waals surface area contributed by atoms with Gasteiger partial charge in [0.05, 0.1) is 0 Å². The predicted octanol–water partition coefficient (Wildman–Crippen LogP) is 2.50. The summed E-state index contributed by atoms with van der Waals surface area (Å²) in [7, 11) is 0. The normalized spacial score (nSPS) is 11.9. The standard InChI is InChI=1S/C21H18N4O4/c1-13-22-21(25-24-13)20(15-5-3-2-4-6-15)23-18(26)12-28-16-9-7-14-8-10-19(27)29-17(14)11-16/h2-11,20H,12H2,1H3,(H,23,26)(H,22,24,25). The lowest BCUT2D eigenvalue weighted by Crippen LogP contribution is -2.33. The van der Waals surface area contributed by atoms with Gasteiger partial charge in [-0.3, -0.25) is 9.89 Å². The molecule has 0 saturated heterocycles. The van der Waals surface area contributed by atoms with Crippen molar-refractivity contribution in [2.45, 2.75) is 13.0 Å². The van der Waals surface area contributed by atoms with Gasteiger partial charge in [-0.25, -0.2) is 9.78 Å². The molecule has 1 atom stereocenters. The summed E-state index contributed by atoms with van der Waals surface area (Å²) in [5, 5.41) is 10.6. The minimum atomic E-state index is -0.508. The van der Waals surface area contributed by atoms with Gasteiger partial charge in [-0.15, -0.1) is 0 Å². The largest absolute Gasteiger partial charge is 0.484 e. The first kappa shape index (κ1) is 18.4. The van der Waals surface area contributed by atoms with Crippen LogP contribution >= 0.6 is 0 Å². The van der Waals surface area contributed by atoms with Crippen LogP contribution in [-0.2, 0) is 4.79 Å². The molecular formula is C21H18N4O4. The third kappa shape index (κ3) is 4.32. The summed E-state index contributed by atoms with van der Waals surface area (Å²) in [5.41, 5.74) is 0.806. The number of benzene rings is 2. The van der Waals surface area contributed by atoms with Crippen LogP contribution in [0.15, 0.2) is 69.9 Å². The van der Waals surface area contributed by atoms with Crippen molar-refractivity contribution in [1.82, 2.24) is 20.5 Å². The Labute approximate surface area is 165 Å². The number of nitrogens with one attached hydrogen (secondary N) is 2. The van der Waals surface area contributed by atoms with Crippen molar-refractivity contribution in [3.63, 3.8) is 0 Å². The summed E-state index contributed by atoms with van der Waals surface area (Å²) in [5.74, 6) is 1.21. The number of hydrogen-bond donors (Lipinski definition) is 2. The number of H-pyrrole nitrogens is 1. The Morgan fingerprint density at radius 3 is 2.72 bits per heavy atom. The molecule has 29 heavy (non-hydrogen) atoms. The molecule has 0 radical (unpaired) electrons. The van der Waals surface area contributed by atoms with Gasteiger partial charge in [0, 0.05) is 17.5 Å². The maximum atomic E-state index is 12.5. The molecule has 2 aromatic heterocycles. The molecule has 0 bridgehead atoms. The second kappa shape index (κ2) is 7.97. The maximum absolute atomic E-state index is 12.5. The van der Waals surface area contributed by atoms with Crippen molar-refractivity contribution in [3.8, 4) is 5.75 Å². The molecule has 2 heterocycles. The molecule has 0 aliphatic rings. The highest BCUT2D eigenvalue weighted by Crippen LogP contribution is 2.21. The summed E-state index contributed by atoms with van der Waals surface area (Å²) in [6.45, 7) is 1.58. The van der Waals surface area contributed by atoms with Gasteiger partial charge >= 0.3 is 5.63 Å². The summed E-state index contributed by atoms with van der Waals surface area (Å²) in [6.07, 6.45) is 0. The monoisotopic (exact) mass is 390 g/mol. The number of amides is 1. The minimum Gasteiger partial charge on any atom is -0.484 e. The SMILES string of the molecule is Cc1nc(C(NC(=O)COc2ccc3ccc(=O)oc3c2)c2ccccc2)n[nH]1. The van der Waals surface area contributed by atoms with E-state index in [0.717, 1.165) is 10.9 Å². The van der Waals surface area contributed by atoms with Gasteiger partial charge in [0.2, 0.25) is 0 Å². The van der Waals surface area contributed by atoms with Gasteiger partial charge in [-0.2, -0.15) is 5.10 Å². The van der Waals surface area contributed by atoms with E-state index in [1.807, 2.05) is 30.3 Å². The number of aromatic nitrogens is 3. The number of aromatic amines is 1. The Bertz CT molecular complexity index is 1200. The Balaban J connectivity index is 1.48. The number of carbonyl (C=O) groups is 1. The number of rotatable bonds is 6. The lowest BCUT2D eigenvalue weighted by atomic mass is 10.1. The molecule has 1 unspecified atom stereocenters. The molecule has 0 aliphatic heterocycles. The maximum Gasteiger partial charge on any atom is 0.336 e. The third-order valence-corrected chi connectivity index (χ3v) is 4.28. The summed E-state index contributed by atoms with van der Waals surface area (Å²) < 4.78 is 10.7. The van der Waals surface area contributed by atoms with Gasteiger partial charge in [-0.05, 0) is 30.7 Å². The number of aryl methyl sites for hydroxylation is 1. The zero-order valence-electron chi connectivity index (χ0n) is 15.6. The zero-order chi connectivity index (χ0) is 20.2. The van der Waals surface area contributed by atoms with E-state index in [1.165, 1.54) is 6.07 Å².